The van der Waals surface area contributed by atoms with E-state index in [4.69, 9.17) is 27.1 Å². The number of nitrogen functional groups attached to an aromatic ring is 1. The Bertz CT molecular complexity index is 1190. The lowest BCUT2D eigenvalue weighted by Gasteiger charge is -2.04. The topological polar surface area (TPSA) is 98.3 Å². The minimum Gasteiger partial charge on any atom is -0.465 e. The van der Waals surface area contributed by atoms with Crippen LogP contribution in [0.5, 0.6) is 0 Å². The summed E-state index contributed by atoms with van der Waals surface area (Å²) in [6, 6.07) is 5.17. The number of esters is 1. The van der Waals surface area contributed by atoms with Crippen molar-refractivity contribution in [2.75, 3.05) is 12.8 Å². The molecule has 4 rings (SSSR count). The van der Waals surface area contributed by atoms with Gasteiger partial charge in [-0.2, -0.15) is 0 Å². The zero-order valence-corrected chi connectivity index (χ0v) is 15.8. The number of halogens is 1. The van der Waals surface area contributed by atoms with Crippen molar-refractivity contribution in [3.63, 3.8) is 0 Å². The van der Waals surface area contributed by atoms with Gasteiger partial charge in [-0.1, -0.05) is 31.5 Å². The first-order valence-corrected chi connectivity index (χ1v) is 8.82. The van der Waals surface area contributed by atoms with Gasteiger partial charge < -0.3 is 15.5 Å². The van der Waals surface area contributed by atoms with Crippen LogP contribution >= 0.6 is 11.6 Å². The number of hydrogen-bond donors (Lipinski definition) is 2. The molecule has 4 aromatic rings. The maximum Gasteiger partial charge on any atom is 0.337 e. The molecule has 0 radical (unpaired) electrons. The number of nitrogens with two attached hydrogens (primary N) is 1. The molecule has 0 fully saturated rings. The number of imidazole rings is 1. The van der Waals surface area contributed by atoms with Gasteiger partial charge in [-0.15, -0.1) is 0 Å². The second kappa shape index (κ2) is 6.28. The fourth-order valence-electron chi connectivity index (χ4n) is 3.24. The molecule has 0 unspecified atom stereocenters. The molecule has 0 bridgehead atoms. The molecule has 0 saturated heterocycles. The lowest BCUT2D eigenvalue weighted by atomic mass is 10.1. The summed E-state index contributed by atoms with van der Waals surface area (Å²) in [5, 5.41) is 1.30. The van der Waals surface area contributed by atoms with Gasteiger partial charge in [0, 0.05) is 29.2 Å². The lowest BCUT2D eigenvalue weighted by Crippen LogP contribution is -2.00. The first kappa shape index (κ1) is 17.4. The monoisotopic (exact) mass is 383 g/mol. The average Bonchev–Trinajstić information content (AvgIpc) is 3.20. The Hall–Kier alpha value is -3.06. The molecule has 0 amide bonds. The molecular weight excluding hydrogens is 366 g/mol. The van der Waals surface area contributed by atoms with Crippen molar-refractivity contribution in [1.29, 1.82) is 0 Å². The lowest BCUT2D eigenvalue weighted by molar-refractivity contribution is 0.0601. The van der Waals surface area contributed by atoms with Crippen LogP contribution in [0.4, 0.5) is 5.82 Å². The predicted octanol–water partition coefficient (Wildman–Crippen LogP) is 4.02. The summed E-state index contributed by atoms with van der Waals surface area (Å²) >= 11 is 6.64. The third-order valence-corrected chi connectivity index (χ3v) is 4.91. The molecule has 0 atom stereocenters. The molecule has 3 N–H and O–H groups in total. The Morgan fingerprint density at radius 2 is 2.15 bits per heavy atom. The van der Waals surface area contributed by atoms with Gasteiger partial charge in [-0.25, -0.2) is 14.8 Å². The smallest absolute Gasteiger partial charge is 0.337 e. The highest BCUT2D eigenvalue weighted by molar-refractivity contribution is 6.38. The Morgan fingerprint density at radius 3 is 2.85 bits per heavy atom. The molecule has 1 aromatic carbocycles. The molecule has 0 aliphatic rings. The minimum absolute atomic E-state index is 0.183. The van der Waals surface area contributed by atoms with Crippen LogP contribution in [0.3, 0.4) is 0 Å². The highest BCUT2D eigenvalue weighted by Crippen LogP contribution is 2.38. The van der Waals surface area contributed by atoms with Crippen molar-refractivity contribution in [2.24, 2.45) is 0 Å². The van der Waals surface area contributed by atoms with Crippen LogP contribution in [-0.4, -0.2) is 32.4 Å². The molecule has 0 saturated carbocycles. The van der Waals surface area contributed by atoms with Gasteiger partial charge in [0.1, 0.15) is 22.9 Å². The second-order valence-electron chi connectivity index (χ2n) is 6.57. The third kappa shape index (κ3) is 2.62. The highest BCUT2D eigenvalue weighted by atomic mass is 35.5. The number of benzene rings is 1. The van der Waals surface area contributed by atoms with Crippen molar-refractivity contribution in [3.8, 4) is 11.4 Å². The fraction of sp³-hybridized carbons (Fsp3) is 0.211. The average molecular weight is 384 g/mol. The summed E-state index contributed by atoms with van der Waals surface area (Å²) in [4.78, 5) is 24.1. The molecule has 3 aromatic heterocycles. The molecule has 138 valence electrons. The van der Waals surface area contributed by atoms with E-state index < -0.39 is 5.97 Å². The van der Waals surface area contributed by atoms with Gasteiger partial charge in [0.2, 0.25) is 0 Å². The largest absolute Gasteiger partial charge is 0.465 e. The number of anilines is 1. The number of carbonyl (C=O) groups is 1. The molecule has 3 heterocycles. The van der Waals surface area contributed by atoms with Gasteiger partial charge in [-0.05, 0) is 12.1 Å². The molecule has 0 aliphatic heterocycles. The van der Waals surface area contributed by atoms with E-state index in [2.05, 4.69) is 23.8 Å². The molecule has 8 heteroatoms. The van der Waals surface area contributed by atoms with Crippen molar-refractivity contribution in [3.05, 3.63) is 47.0 Å². The SMILES string of the molecule is COC(=O)c1ccc2c(Cl)c(-c3nc(C(C)C)n4ccnc(N)c34)[nH]c2c1. The van der Waals surface area contributed by atoms with Crippen molar-refractivity contribution in [2.45, 2.75) is 19.8 Å². The maximum absolute atomic E-state index is 11.8. The number of nitrogens with one attached hydrogen (secondary N) is 1. The molecule has 7 nitrogen and oxygen atoms in total. The minimum atomic E-state index is -0.410. The van der Waals surface area contributed by atoms with E-state index in [1.54, 1.807) is 24.4 Å². The third-order valence-electron chi connectivity index (χ3n) is 4.52. The Labute approximate surface area is 160 Å². The van der Waals surface area contributed by atoms with Crippen molar-refractivity contribution < 1.29 is 9.53 Å². The van der Waals surface area contributed by atoms with Crippen LogP contribution in [0.2, 0.25) is 5.02 Å². The first-order chi connectivity index (χ1) is 12.9. The summed E-state index contributed by atoms with van der Waals surface area (Å²) in [5.41, 5.74) is 9.26. The summed E-state index contributed by atoms with van der Waals surface area (Å²) in [5.74, 6) is 1.00. The number of carbonyl (C=O) groups excluding carboxylic acids is 1. The summed E-state index contributed by atoms with van der Waals surface area (Å²) < 4.78 is 6.72. The second-order valence-corrected chi connectivity index (χ2v) is 6.95. The number of aromatic amines is 1. The Balaban J connectivity index is 2.00. The normalized spacial score (nSPS) is 11.6. The number of H-pyrrole nitrogens is 1. The van der Waals surface area contributed by atoms with E-state index in [9.17, 15) is 4.79 Å². The van der Waals surface area contributed by atoms with Gasteiger partial charge in [0.25, 0.3) is 0 Å². The van der Waals surface area contributed by atoms with E-state index in [0.717, 1.165) is 11.2 Å². The van der Waals surface area contributed by atoms with Crippen LogP contribution in [-0.2, 0) is 4.74 Å². The number of hydrogen-bond acceptors (Lipinski definition) is 5. The van der Waals surface area contributed by atoms with Crippen LogP contribution in [0.1, 0.15) is 35.9 Å². The van der Waals surface area contributed by atoms with Crippen molar-refractivity contribution >= 4 is 39.8 Å². The fourth-order valence-corrected chi connectivity index (χ4v) is 3.54. The van der Waals surface area contributed by atoms with E-state index in [0.29, 0.717) is 38.8 Å². The number of fused-ring (bicyclic) bond motifs is 2. The van der Waals surface area contributed by atoms with E-state index >= 15 is 0 Å². The van der Waals surface area contributed by atoms with Crippen LogP contribution in [0.15, 0.2) is 30.6 Å². The quantitative estimate of drug-likeness (QED) is 0.520. The van der Waals surface area contributed by atoms with Crippen molar-refractivity contribution in [1.82, 2.24) is 19.4 Å². The number of rotatable bonds is 3. The number of ether oxygens (including phenoxy) is 1. The van der Waals surface area contributed by atoms with E-state index in [1.807, 2.05) is 10.6 Å². The number of methoxy groups -OCH3 is 1. The Morgan fingerprint density at radius 1 is 1.37 bits per heavy atom. The Kier molecular flexibility index (Phi) is 4.04. The summed E-state index contributed by atoms with van der Waals surface area (Å²) in [6.07, 6.45) is 3.48. The highest BCUT2D eigenvalue weighted by Gasteiger charge is 2.22. The van der Waals surface area contributed by atoms with Crippen LogP contribution in [0, 0.1) is 0 Å². The maximum atomic E-state index is 11.8. The van der Waals surface area contributed by atoms with Gasteiger partial charge in [0.15, 0.2) is 0 Å². The van der Waals surface area contributed by atoms with Gasteiger partial charge in [-0.3, -0.25) is 4.40 Å². The number of nitrogens with zero attached hydrogens (tertiary/aromatic N) is 3. The molecule has 0 spiro atoms. The first-order valence-electron chi connectivity index (χ1n) is 8.44. The summed E-state index contributed by atoms with van der Waals surface area (Å²) in [6.45, 7) is 4.12. The standard InChI is InChI=1S/C19H18ClN5O2/c1-9(2)18-24-15(16-17(21)22-6-7-25(16)18)14-13(20)11-5-4-10(19(26)27-3)8-12(11)23-14/h4-9,23H,1-3H3,(H2,21,22). The number of aromatic nitrogens is 4. The van der Waals surface area contributed by atoms with E-state index in [1.165, 1.54) is 7.11 Å². The van der Waals surface area contributed by atoms with Gasteiger partial charge >= 0.3 is 5.97 Å². The zero-order valence-electron chi connectivity index (χ0n) is 15.1. The van der Waals surface area contributed by atoms with E-state index in [-0.39, 0.29) is 5.92 Å². The van der Waals surface area contributed by atoms with Gasteiger partial charge in [0.05, 0.1) is 23.4 Å². The van der Waals surface area contributed by atoms with Crippen LogP contribution in [0.25, 0.3) is 27.8 Å². The molecule has 0 aliphatic carbocycles. The predicted molar refractivity (Wildman–Crippen MR) is 105 cm³/mol. The van der Waals surface area contributed by atoms with Crippen LogP contribution < -0.4 is 5.73 Å². The summed E-state index contributed by atoms with van der Waals surface area (Å²) in [7, 11) is 1.35. The molecule has 27 heavy (non-hydrogen) atoms. The zero-order chi connectivity index (χ0) is 19.3. The molecular formula is C19H18ClN5O2.